The minimum Gasteiger partial charge on any atom is -0.464 e. The van der Waals surface area contributed by atoms with Crippen LogP contribution in [0.25, 0.3) is 0 Å². The van der Waals surface area contributed by atoms with E-state index >= 15 is 0 Å². The van der Waals surface area contributed by atoms with Crippen LogP contribution in [0.1, 0.15) is 19.4 Å². The second-order valence-electron chi connectivity index (χ2n) is 3.90. The molecular weight excluding hydrogens is 236 g/mol. The Morgan fingerprint density at radius 3 is 2.78 bits per heavy atom. The second kappa shape index (κ2) is 6.00. The first kappa shape index (κ1) is 14.0. The molecule has 0 aliphatic carbocycles. The molecule has 98 valence electrons. The summed E-state index contributed by atoms with van der Waals surface area (Å²) in [6, 6.07) is 4.06. The van der Waals surface area contributed by atoms with Crippen LogP contribution in [0.15, 0.2) is 18.2 Å². The smallest absolute Gasteiger partial charge is 0.328 e. The van der Waals surface area contributed by atoms with Gasteiger partial charge in [0.2, 0.25) is 0 Å². The second-order valence-corrected chi connectivity index (χ2v) is 3.90. The first-order chi connectivity index (χ1) is 8.45. The number of hydrogen-bond acceptors (Lipinski definition) is 5. The number of aryl methyl sites for hydroxylation is 1. The van der Waals surface area contributed by atoms with Crippen molar-refractivity contribution in [3.05, 3.63) is 33.9 Å². The van der Waals surface area contributed by atoms with Crippen LogP contribution < -0.4 is 5.32 Å². The summed E-state index contributed by atoms with van der Waals surface area (Å²) in [6.07, 6.45) is 0. The lowest BCUT2D eigenvalue weighted by atomic mass is 10.2. The molecule has 1 N–H and O–H groups in total. The van der Waals surface area contributed by atoms with E-state index in [0.29, 0.717) is 5.69 Å². The summed E-state index contributed by atoms with van der Waals surface area (Å²) in [5.74, 6) is -0.437. The Hall–Kier alpha value is -2.11. The van der Waals surface area contributed by atoms with E-state index in [0.717, 1.165) is 5.56 Å². The van der Waals surface area contributed by atoms with E-state index < -0.39 is 16.9 Å². The van der Waals surface area contributed by atoms with Crippen LogP contribution >= 0.6 is 0 Å². The zero-order valence-corrected chi connectivity index (χ0v) is 10.6. The highest BCUT2D eigenvalue weighted by Gasteiger charge is 2.19. The lowest BCUT2D eigenvalue weighted by Gasteiger charge is -2.14. The van der Waals surface area contributed by atoms with Gasteiger partial charge in [0, 0.05) is 6.07 Å². The lowest BCUT2D eigenvalue weighted by Crippen LogP contribution is -2.28. The molecule has 0 aromatic heterocycles. The topological polar surface area (TPSA) is 81.5 Å². The predicted molar refractivity (Wildman–Crippen MR) is 67.6 cm³/mol. The molecule has 18 heavy (non-hydrogen) atoms. The fraction of sp³-hybridized carbons (Fsp3) is 0.417. The van der Waals surface area contributed by atoms with Gasteiger partial charge in [-0.3, -0.25) is 10.1 Å². The zero-order chi connectivity index (χ0) is 13.7. The van der Waals surface area contributed by atoms with Gasteiger partial charge in [0.15, 0.2) is 0 Å². The molecule has 0 radical (unpaired) electrons. The SMILES string of the molecule is CCOC(=O)C(C)Nc1cc(C)ccc1[N+](=O)[O-]. The number of nitrogens with one attached hydrogen (secondary N) is 1. The van der Waals surface area contributed by atoms with Crippen molar-refractivity contribution >= 4 is 17.3 Å². The third-order valence-corrected chi connectivity index (χ3v) is 2.36. The summed E-state index contributed by atoms with van der Waals surface area (Å²) in [5, 5.41) is 13.7. The summed E-state index contributed by atoms with van der Waals surface area (Å²) in [5.41, 5.74) is 1.14. The van der Waals surface area contributed by atoms with Gasteiger partial charge in [0.05, 0.1) is 11.5 Å². The van der Waals surface area contributed by atoms with E-state index in [1.54, 1.807) is 26.0 Å². The maximum atomic E-state index is 11.5. The van der Waals surface area contributed by atoms with Gasteiger partial charge in [-0.1, -0.05) is 6.07 Å². The Kier molecular flexibility index (Phi) is 4.65. The van der Waals surface area contributed by atoms with Gasteiger partial charge in [-0.05, 0) is 32.4 Å². The summed E-state index contributed by atoms with van der Waals surface area (Å²) in [7, 11) is 0. The van der Waals surface area contributed by atoms with Crippen molar-refractivity contribution < 1.29 is 14.5 Å². The molecule has 0 bridgehead atoms. The Morgan fingerprint density at radius 1 is 1.56 bits per heavy atom. The number of rotatable bonds is 5. The van der Waals surface area contributed by atoms with Crippen LogP contribution in [0.5, 0.6) is 0 Å². The number of carbonyl (C=O) groups is 1. The summed E-state index contributed by atoms with van der Waals surface area (Å²) in [4.78, 5) is 21.8. The number of nitrogens with zero attached hydrogens (tertiary/aromatic N) is 1. The molecule has 0 aliphatic heterocycles. The van der Waals surface area contributed by atoms with Crippen LogP contribution in [0.4, 0.5) is 11.4 Å². The van der Waals surface area contributed by atoms with Crippen molar-refractivity contribution in [2.45, 2.75) is 26.8 Å². The number of benzene rings is 1. The van der Waals surface area contributed by atoms with E-state index in [9.17, 15) is 14.9 Å². The van der Waals surface area contributed by atoms with Gasteiger partial charge in [0.1, 0.15) is 11.7 Å². The summed E-state index contributed by atoms with van der Waals surface area (Å²) >= 11 is 0. The van der Waals surface area contributed by atoms with Gasteiger partial charge < -0.3 is 10.1 Å². The molecule has 0 fully saturated rings. The quantitative estimate of drug-likeness (QED) is 0.494. The summed E-state index contributed by atoms with van der Waals surface area (Å²) < 4.78 is 4.84. The molecule has 1 aromatic carbocycles. The van der Waals surface area contributed by atoms with E-state index in [1.807, 2.05) is 6.92 Å². The first-order valence-corrected chi connectivity index (χ1v) is 5.64. The largest absolute Gasteiger partial charge is 0.464 e. The van der Waals surface area contributed by atoms with E-state index in [2.05, 4.69) is 5.32 Å². The Morgan fingerprint density at radius 2 is 2.22 bits per heavy atom. The molecule has 1 atom stereocenters. The number of carbonyl (C=O) groups excluding carboxylic acids is 1. The van der Waals surface area contributed by atoms with E-state index in [1.165, 1.54) is 6.07 Å². The minimum absolute atomic E-state index is 0.0586. The third-order valence-electron chi connectivity index (χ3n) is 2.36. The highest BCUT2D eigenvalue weighted by atomic mass is 16.6. The predicted octanol–water partition coefficient (Wildman–Crippen LogP) is 2.27. The van der Waals surface area contributed by atoms with Crippen LogP contribution in [0.2, 0.25) is 0 Å². The third kappa shape index (κ3) is 3.44. The van der Waals surface area contributed by atoms with Crippen molar-refractivity contribution in [3.8, 4) is 0 Å². The molecule has 6 heteroatoms. The number of esters is 1. The van der Waals surface area contributed by atoms with Crippen molar-refractivity contribution in [1.29, 1.82) is 0 Å². The molecule has 0 amide bonds. The lowest BCUT2D eigenvalue weighted by molar-refractivity contribution is -0.384. The van der Waals surface area contributed by atoms with Crippen LogP contribution in [-0.2, 0) is 9.53 Å². The van der Waals surface area contributed by atoms with Crippen molar-refractivity contribution in [1.82, 2.24) is 0 Å². The molecule has 0 saturated carbocycles. The molecule has 0 spiro atoms. The molecule has 6 nitrogen and oxygen atoms in total. The Balaban J connectivity index is 2.92. The van der Waals surface area contributed by atoms with E-state index in [4.69, 9.17) is 4.74 Å². The maximum absolute atomic E-state index is 11.5. The number of hydrogen-bond donors (Lipinski definition) is 1. The number of ether oxygens (including phenoxy) is 1. The highest BCUT2D eigenvalue weighted by Crippen LogP contribution is 2.25. The van der Waals surface area contributed by atoms with Crippen LogP contribution in [-0.4, -0.2) is 23.5 Å². The minimum atomic E-state index is -0.634. The van der Waals surface area contributed by atoms with Crippen molar-refractivity contribution in [2.75, 3.05) is 11.9 Å². The number of nitro benzene ring substituents is 1. The van der Waals surface area contributed by atoms with Crippen LogP contribution in [0, 0.1) is 17.0 Å². The van der Waals surface area contributed by atoms with Gasteiger partial charge >= 0.3 is 5.97 Å². The standard InChI is InChI=1S/C12H16N2O4/c1-4-18-12(15)9(3)13-10-7-8(2)5-6-11(10)14(16)17/h5-7,9,13H,4H2,1-3H3. The van der Waals surface area contributed by atoms with Gasteiger partial charge in [0.25, 0.3) is 5.69 Å². The molecule has 0 saturated heterocycles. The molecule has 1 rings (SSSR count). The molecular formula is C12H16N2O4. The first-order valence-electron chi connectivity index (χ1n) is 5.64. The van der Waals surface area contributed by atoms with E-state index in [-0.39, 0.29) is 12.3 Å². The summed E-state index contributed by atoms with van der Waals surface area (Å²) in [6.45, 7) is 5.41. The average Bonchev–Trinajstić information content (AvgIpc) is 2.28. The fourth-order valence-corrected chi connectivity index (χ4v) is 1.48. The average molecular weight is 252 g/mol. The normalized spacial score (nSPS) is 11.7. The molecule has 0 aliphatic rings. The number of nitro groups is 1. The van der Waals surface area contributed by atoms with Gasteiger partial charge in [-0.2, -0.15) is 0 Å². The fourth-order valence-electron chi connectivity index (χ4n) is 1.48. The molecule has 0 heterocycles. The highest BCUT2D eigenvalue weighted by molar-refractivity contribution is 5.80. The van der Waals surface area contributed by atoms with Crippen molar-refractivity contribution in [2.24, 2.45) is 0 Å². The Labute approximate surface area is 105 Å². The van der Waals surface area contributed by atoms with Gasteiger partial charge in [-0.15, -0.1) is 0 Å². The number of anilines is 1. The Bertz CT molecular complexity index is 459. The molecule has 1 aromatic rings. The zero-order valence-electron chi connectivity index (χ0n) is 10.6. The monoisotopic (exact) mass is 252 g/mol. The van der Waals surface area contributed by atoms with Crippen molar-refractivity contribution in [3.63, 3.8) is 0 Å². The molecule has 1 unspecified atom stereocenters. The van der Waals surface area contributed by atoms with Crippen LogP contribution in [0.3, 0.4) is 0 Å². The maximum Gasteiger partial charge on any atom is 0.328 e. The van der Waals surface area contributed by atoms with Gasteiger partial charge in [-0.25, -0.2) is 4.79 Å².